The van der Waals surface area contributed by atoms with Crippen LogP contribution in [0.15, 0.2) is 24.5 Å². The number of aromatic nitrogens is 2. The molecule has 1 saturated heterocycles. The average molecular weight is 484 g/mol. The Morgan fingerprint density at radius 3 is 2.57 bits per heavy atom. The van der Waals surface area contributed by atoms with Gasteiger partial charge < -0.3 is 29.3 Å². The van der Waals surface area contributed by atoms with E-state index >= 15 is 0 Å². The number of hydrogen-bond donors (Lipinski definition) is 1. The summed E-state index contributed by atoms with van der Waals surface area (Å²) in [6, 6.07) is 5.79. The molecule has 4 rings (SSSR count). The number of piperidine rings is 1. The van der Waals surface area contributed by atoms with Gasteiger partial charge in [-0.3, -0.25) is 0 Å². The first-order valence-corrected chi connectivity index (χ1v) is 11.9. The molecule has 0 spiro atoms. The van der Waals surface area contributed by atoms with Gasteiger partial charge in [-0.15, -0.1) is 0 Å². The molecule has 10 nitrogen and oxygen atoms in total. The van der Waals surface area contributed by atoms with Gasteiger partial charge in [0, 0.05) is 31.4 Å². The van der Waals surface area contributed by atoms with E-state index in [-0.39, 0.29) is 18.0 Å². The second-order valence-corrected chi connectivity index (χ2v) is 9.81. The first-order valence-electron chi connectivity index (χ1n) is 11.9. The number of urea groups is 1. The Balaban J connectivity index is 1.39. The summed E-state index contributed by atoms with van der Waals surface area (Å²) >= 11 is 0. The second-order valence-electron chi connectivity index (χ2n) is 9.81. The van der Waals surface area contributed by atoms with Gasteiger partial charge in [0.15, 0.2) is 0 Å². The third kappa shape index (κ3) is 5.75. The SMILES string of the molecule is COc1ccc2c(c1)CCN(C1CCN(c3ncnc(OC(=O)OC(C)(C)C)c3C)CC1)C(=O)N2. The minimum atomic E-state index is -0.797. The number of fused-ring (bicyclic) bond motifs is 1. The molecule has 35 heavy (non-hydrogen) atoms. The molecule has 2 aliphatic heterocycles. The van der Waals surface area contributed by atoms with Crippen LogP contribution in [0.25, 0.3) is 0 Å². The summed E-state index contributed by atoms with van der Waals surface area (Å²) in [5.41, 5.74) is 1.93. The van der Waals surface area contributed by atoms with Crippen LogP contribution in [0.2, 0.25) is 0 Å². The molecule has 1 fully saturated rings. The number of carbonyl (C=O) groups is 2. The van der Waals surface area contributed by atoms with Crippen LogP contribution in [0.3, 0.4) is 0 Å². The average Bonchev–Trinajstić information content (AvgIpc) is 2.97. The summed E-state index contributed by atoms with van der Waals surface area (Å²) in [6.45, 7) is 9.24. The smallest absolute Gasteiger partial charge is 0.497 e. The number of benzene rings is 1. The predicted molar refractivity (Wildman–Crippen MR) is 131 cm³/mol. The molecule has 2 amide bonds. The van der Waals surface area contributed by atoms with Crippen molar-refractivity contribution in [2.75, 3.05) is 37.0 Å². The van der Waals surface area contributed by atoms with E-state index in [9.17, 15) is 9.59 Å². The van der Waals surface area contributed by atoms with Crippen molar-refractivity contribution in [2.24, 2.45) is 0 Å². The lowest BCUT2D eigenvalue weighted by molar-refractivity contribution is 0.0195. The molecular weight excluding hydrogens is 450 g/mol. The highest BCUT2D eigenvalue weighted by Crippen LogP contribution is 2.30. The molecule has 0 radical (unpaired) electrons. The lowest BCUT2D eigenvalue weighted by Gasteiger charge is -2.38. The predicted octanol–water partition coefficient (Wildman–Crippen LogP) is 4.17. The number of hydrogen-bond acceptors (Lipinski definition) is 8. The fraction of sp³-hybridized carbons (Fsp3) is 0.520. The summed E-state index contributed by atoms with van der Waals surface area (Å²) in [5.74, 6) is 1.69. The molecule has 3 heterocycles. The van der Waals surface area contributed by atoms with Crippen molar-refractivity contribution >= 4 is 23.7 Å². The minimum absolute atomic E-state index is 0.0707. The number of nitrogens with one attached hydrogen (secondary N) is 1. The van der Waals surface area contributed by atoms with E-state index in [1.807, 2.05) is 30.0 Å². The highest BCUT2D eigenvalue weighted by atomic mass is 16.7. The third-order valence-electron chi connectivity index (χ3n) is 6.22. The zero-order chi connectivity index (χ0) is 25.2. The summed E-state index contributed by atoms with van der Waals surface area (Å²) in [5, 5.41) is 3.05. The fourth-order valence-electron chi connectivity index (χ4n) is 4.49. The van der Waals surface area contributed by atoms with E-state index in [4.69, 9.17) is 14.2 Å². The summed E-state index contributed by atoms with van der Waals surface area (Å²) < 4.78 is 15.9. The van der Waals surface area contributed by atoms with E-state index in [1.54, 1.807) is 27.9 Å². The zero-order valence-electron chi connectivity index (χ0n) is 21.0. The molecule has 1 aromatic carbocycles. The number of amides is 2. The van der Waals surface area contributed by atoms with E-state index in [0.717, 1.165) is 55.2 Å². The summed E-state index contributed by atoms with van der Waals surface area (Å²) in [7, 11) is 1.64. The number of rotatable bonds is 4. The van der Waals surface area contributed by atoms with Gasteiger partial charge >= 0.3 is 12.2 Å². The van der Waals surface area contributed by atoms with E-state index in [0.29, 0.717) is 12.1 Å². The summed E-state index contributed by atoms with van der Waals surface area (Å²) in [4.78, 5) is 37.7. The number of ether oxygens (including phenoxy) is 3. The van der Waals surface area contributed by atoms with Crippen molar-refractivity contribution in [3.05, 3.63) is 35.7 Å². The molecule has 2 aliphatic rings. The molecule has 1 aromatic heterocycles. The van der Waals surface area contributed by atoms with Crippen LogP contribution in [0.1, 0.15) is 44.7 Å². The molecular formula is C25H33N5O5. The largest absolute Gasteiger partial charge is 0.515 e. The monoisotopic (exact) mass is 483 g/mol. The van der Waals surface area contributed by atoms with Gasteiger partial charge in [-0.2, -0.15) is 0 Å². The fourth-order valence-corrected chi connectivity index (χ4v) is 4.49. The molecule has 0 saturated carbocycles. The maximum atomic E-state index is 13.0. The Hall–Kier alpha value is -3.56. The van der Waals surface area contributed by atoms with Crippen molar-refractivity contribution in [3.63, 3.8) is 0 Å². The number of methoxy groups -OCH3 is 1. The van der Waals surface area contributed by atoms with Crippen molar-refractivity contribution in [3.8, 4) is 11.6 Å². The Morgan fingerprint density at radius 1 is 1.14 bits per heavy atom. The topological polar surface area (TPSA) is 106 Å². The number of anilines is 2. The summed E-state index contributed by atoms with van der Waals surface area (Å²) in [6.07, 6.45) is 2.97. The Labute approximate surface area is 205 Å². The van der Waals surface area contributed by atoms with E-state index in [1.165, 1.54) is 6.33 Å². The molecule has 188 valence electrons. The van der Waals surface area contributed by atoms with Gasteiger partial charge in [-0.1, -0.05) is 0 Å². The first kappa shape index (κ1) is 24.6. The zero-order valence-corrected chi connectivity index (χ0v) is 21.0. The van der Waals surface area contributed by atoms with Crippen LogP contribution >= 0.6 is 0 Å². The lowest BCUT2D eigenvalue weighted by Crippen LogP contribution is -2.49. The highest BCUT2D eigenvalue weighted by molar-refractivity contribution is 5.91. The van der Waals surface area contributed by atoms with Crippen LogP contribution < -0.4 is 19.7 Å². The van der Waals surface area contributed by atoms with Crippen LogP contribution in [-0.4, -0.2) is 65.4 Å². The van der Waals surface area contributed by atoms with Crippen LogP contribution in [0.4, 0.5) is 21.1 Å². The van der Waals surface area contributed by atoms with Gasteiger partial charge in [0.2, 0.25) is 5.88 Å². The Bertz CT molecular complexity index is 1090. The molecule has 2 aromatic rings. The molecule has 0 aliphatic carbocycles. The Morgan fingerprint density at radius 2 is 1.89 bits per heavy atom. The van der Waals surface area contributed by atoms with Crippen molar-refractivity contribution < 1.29 is 23.8 Å². The number of carbonyl (C=O) groups excluding carboxylic acids is 2. The molecule has 10 heteroatoms. The van der Waals surface area contributed by atoms with Crippen LogP contribution in [0.5, 0.6) is 11.6 Å². The second kappa shape index (κ2) is 9.97. The van der Waals surface area contributed by atoms with Gasteiger partial charge in [0.1, 0.15) is 23.5 Å². The standard InChI is InChI=1S/C25H33N5O5/c1-16-21(26-15-27-22(16)34-24(32)35-25(2,3)4)29-11-9-18(10-12-29)30-13-8-17-14-19(33-5)6-7-20(17)28-23(30)31/h6-7,14-15,18H,8-13H2,1-5H3,(H,28,31). The first-order chi connectivity index (χ1) is 16.6. The third-order valence-corrected chi connectivity index (χ3v) is 6.22. The molecule has 0 atom stereocenters. The van der Waals surface area contributed by atoms with Crippen molar-refractivity contribution in [1.82, 2.24) is 14.9 Å². The van der Waals surface area contributed by atoms with Crippen LogP contribution in [0, 0.1) is 6.92 Å². The highest BCUT2D eigenvalue weighted by Gasteiger charge is 2.31. The van der Waals surface area contributed by atoms with E-state index < -0.39 is 11.8 Å². The maximum Gasteiger partial charge on any atom is 0.515 e. The van der Waals surface area contributed by atoms with E-state index in [2.05, 4.69) is 20.2 Å². The molecule has 0 bridgehead atoms. The normalized spacial score (nSPS) is 16.8. The maximum absolute atomic E-state index is 13.0. The van der Waals surface area contributed by atoms with Gasteiger partial charge in [0.05, 0.1) is 12.7 Å². The molecule has 0 unspecified atom stereocenters. The quantitative estimate of drug-likeness (QED) is 0.646. The van der Waals surface area contributed by atoms with Crippen LogP contribution in [-0.2, 0) is 11.2 Å². The minimum Gasteiger partial charge on any atom is -0.497 e. The molecule has 1 N–H and O–H groups in total. The van der Waals surface area contributed by atoms with Gasteiger partial charge in [0.25, 0.3) is 0 Å². The van der Waals surface area contributed by atoms with Crippen molar-refractivity contribution in [1.29, 1.82) is 0 Å². The van der Waals surface area contributed by atoms with Gasteiger partial charge in [-0.05, 0) is 70.7 Å². The van der Waals surface area contributed by atoms with Gasteiger partial charge in [-0.25, -0.2) is 19.6 Å². The van der Waals surface area contributed by atoms with Crippen molar-refractivity contribution in [2.45, 2.75) is 58.6 Å². The Kier molecular flexibility index (Phi) is 7.00. The number of nitrogens with zero attached hydrogens (tertiary/aromatic N) is 4. The lowest BCUT2D eigenvalue weighted by atomic mass is 10.0.